The number of hydrogen-bond acceptors (Lipinski definition) is 6. The van der Waals surface area contributed by atoms with Gasteiger partial charge in [-0.1, -0.05) is 0 Å². The van der Waals surface area contributed by atoms with Crippen molar-refractivity contribution in [2.45, 2.75) is 13.0 Å². The van der Waals surface area contributed by atoms with Gasteiger partial charge in [0.2, 0.25) is 5.75 Å². The Morgan fingerprint density at radius 1 is 0.931 bits per heavy atom. The number of rotatable bonds is 7. The van der Waals surface area contributed by atoms with Crippen LogP contribution >= 0.6 is 0 Å². The molecule has 1 N–H and O–H groups in total. The SMILES string of the molecule is COc1cc(C(=O)O[C@H](C)C(=O)Nc2ccc(F)c(F)c2F)cc(OC)c1OC. The summed E-state index contributed by atoms with van der Waals surface area (Å²) < 4.78 is 60.4. The van der Waals surface area contributed by atoms with Crippen LogP contribution in [0.25, 0.3) is 0 Å². The highest BCUT2D eigenvalue weighted by molar-refractivity contribution is 5.97. The second-order valence-corrected chi connectivity index (χ2v) is 5.67. The molecule has 0 aromatic heterocycles. The quantitative estimate of drug-likeness (QED) is 0.554. The number of carbonyl (C=O) groups is 2. The number of amides is 1. The lowest BCUT2D eigenvalue weighted by Crippen LogP contribution is -2.30. The molecule has 0 saturated carbocycles. The van der Waals surface area contributed by atoms with E-state index < -0.39 is 41.1 Å². The predicted octanol–water partition coefficient (Wildman–Crippen LogP) is 3.31. The molecule has 0 bridgehead atoms. The Labute approximate surface area is 164 Å². The fourth-order valence-corrected chi connectivity index (χ4v) is 2.34. The molecule has 7 nitrogen and oxygen atoms in total. The molecule has 156 valence electrons. The number of halogens is 3. The van der Waals surface area contributed by atoms with Gasteiger partial charge in [-0.15, -0.1) is 0 Å². The van der Waals surface area contributed by atoms with Crippen LogP contribution in [0.4, 0.5) is 18.9 Å². The number of hydrogen-bond donors (Lipinski definition) is 1. The van der Waals surface area contributed by atoms with Crippen LogP contribution in [-0.2, 0) is 9.53 Å². The Kier molecular flexibility index (Phi) is 6.92. The molecule has 2 rings (SSSR count). The molecule has 2 aromatic carbocycles. The van der Waals surface area contributed by atoms with E-state index in [0.29, 0.717) is 6.07 Å². The van der Waals surface area contributed by atoms with Gasteiger partial charge in [0.25, 0.3) is 5.91 Å². The van der Waals surface area contributed by atoms with E-state index in [4.69, 9.17) is 18.9 Å². The first-order valence-corrected chi connectivity index (χ1v) is 8.18. The van der Waals surface area contributed by atoms with Gasteiger partial charge in [0.1, 0.15) is 0 Å². The maximum Gasteiger partial charge on any atom is 0.339 e. The molecule has 29 heavy (non-hydrogen) atoms. The lowest BCUT2D eigenvalue weighted by atomic mass is 10.2. The Morgan fingerprint density at radius 3 is 2.03 bits per heavy atom. The highest BCUT2D eigenvalue weighted by Gasteiger charge is 2.24. The van der Waals surface area contributed by atoms with Crippen molar-refractivity contribution in [3.8, 4) is 17.2 Å². The third kappa shape index (κ3) is 4.71. The zero-order valence-corrected chi connectivity index (χ0v) is 16.0. The Balaban J connectivity index is 2.16. The maximum atomic E-state index is 13.7. The first-order chi connectivity index (χ1) is 13.7. The second kappa shape index (κ2) is 9.18. The Hall–Kier alpha value is -3.43. The van der Waals surface area contributed by atoms with Gasteiger partial charge >= 0.3 is 5.97 Å². The topological polar surface area (TPSA) is 83.1 Å². The van der Waals surface area contributed by atoms with Gasteiger partial charge < -0.3 is 24.3 Å². The number of ether oxygens (including phenoxy) is 4. The van der Waals surface area contributed by atoms with Crippen molar-refractivity contribution in [3.63, 3.8) is 0 Å². The largest absolute Gasteiger partial charge is 0.493 e. The molecule has 0 radical (unpaired) electrons. The molecule has 0 heterocycles. The minimum absolute atomic E-state index is 0.00171. The average Bonchev–Trinajstić information content (AvgIpc) is 2.72. The van der Waals surface area contributed by atoms with Crippen molar-refractivity contribution in [3.05, 3.63) is 47.3 Å². The van der Waals surface area contributed by atoms with E-state index in [1.807, 2.05) is 5.32 Å². The molecule has 0 unspecified atom stereocenters. The van der Waals surface area contributed by atoms with Crippen molar-refractivity contribution < 1.29 is 41.7 Å². The van der Waals surface area contributed by atoms with Gasteiger partial charge in [-0.3, -0.25) is 4.79 Å². The number of methoxy groups -OCH3 is 3. The number of nitrogens with one attached hydrogen (secondary N) is 1. The second-order valence-electron chi connectivity index (χ2n) is 5.67. The third-order valence-electron chi connectivity index (χ3n) is 3.85. The highest BCUT2D eigenvalue weighted by Crippen LogP contribution is 2.38. The molecule has 1 atom stereocenters. The molecular formula is C19H18F3NO6. The van der Waals surface area contributed by atoms with Gasteiger partial charge in [-0.25, -0.2) is 18.0 Å². The summed E-state index contributed by atoms with van der Waals surface area (Å²) in [6.07, 6.45) is -1.38. The van der Waals surface area contributed by atoms with Crippen molar-refractivity contribution in [2.75, 3.05) is 26.6 Å². The number of anilines is 1. The molecule has 2 aromatic rings. The Morgan fingerprint density at radius 2 is 1.52 bits per heavy atom. The summed E-state index contributed by atoms with van der Waals surface area (Å²) in [5.41, 5.74) is -0.595. The van der Waals surface area contributed by atoms with E-state index in [1.54, 1.807) is 0 Å². The standard InChI is InChI=1S/C19H18F3NO6/c1-9(18(24)23-12-6-5-11(20)15(21)16(12)22)29-19(25)10-7-13(26-2)17(28-4)14(8-10)27-3/h5-9H,1-4H3,(H,23,24)/t9-/m1/s1. The molecule has 0 fully saturated rings. The van der Waals surface area contributed by atoms with Crippen molar-refractivity contribution in [1.82, 2.24) is 0 Å². The molecular weight excluding hydrogens is 395 g/mol. The van der Waals surface area contributed by atoms with Crippen LogP contribution < -0.4 is 19.5 Å². The molecule has 0 saturated heterocycles. The zero-order valence-electron chi connectivity index (χ0n) is 16.0. The normalized spacial score (nSPS) is 11.4. The summed E-state index contributed by atoms with van der Waals surface area (Å²) in [5.74, 6) is -5.91. The van der Waals surface area contributed by atoms with E-state index in [1.165, 1.54) is 40.4 Å². The molecule has 0 aliphatic heterocycles. The monoisotopic (exact) mass is 413 g/mol. The van der Waals surface area contributed by atoms with Crippen molar-refractivity contribution >= 4 is 17.6 Å². The first-order valence-electron chi connectivity index (χ1n) is 8.18. The number of benzene rings is 2. The molecule has 0 aliphatic carbocycles. The van der Waals surface area contributed by atoms with Gasteiger partial charge in [0.05, 0.1) is 32.6 Å². The lowest BCUT2D eigenvalue weighted by molar-refractivity contribution is -0.123. The predicted molar refractivity (Wildman–Crippen MR) is 95.9 cm³/mol. The first kappa shape index (κ1) is 21.9. The van der Waals surface area contributed by atoms with E-state index in [0.717, 1.165) is 6.07 Å². The third-order valence-corrected chi connectivity index (χ3v) is 3.85. The van der Waals surface area contributed by atoms with E-state index in [9.17, 15) is 22.8 Å². The number of carbonyl (C=O) groups excluding carboxylic acids is 2. The van der Waals surface area contributed by atoms with Crippen LogP contribution in [0, 0.1) is 17.5 Å². The summed E-state index contributed by atoms with van der Waals surface area (Å²) in [6.45, 7) is 1.23. The van der Waals surface area contributed by atoms with Crippen LogP contribution in [-0.4, -0.2) is 39.3 Å². The Bertz CT molecular complexity index is 909. The van der Waals surface area contributed by atoms with Crippen LogP contribution in [0.15, 0.2) is 24.3 Å². The fraction of sp³-hybridized carbons (Fsp3) is 0.263. The van der Waals surface area contributed by atoms with Gasteiger partial charge in [0, 0.05) is 0 Å². The summed E-state index contributed by atoms with van der Waals surface area (Å²) >= 11 is 0. The van der Waals surface area contributed by atoms with Gasteiger partial charge in [-0.05, 0) is 31.2 Å². The smallest absolute Gasteiger partial charge is 0.339 e. The molecule has 1 amide bonds. The fourth-order valence-electron chi connectivity index (χ4n) is 2.34. The zero-order chi connectivity index (χ0) is 21.7. The summed E-state index contributed by atoms with van der Waals surface area (Å²) in [4.78, 5) is 24.5. The highest BCUT2D eigenvalue weighted by atomic mass is 19.2. The minimum atomic E-state index is -1.73. The van der Waals surface area contributed by atoms with Crippen molar-refractivity contribution in [2.24, 2.45) is 0 Å². The van der Waals surface area contributed by atoms with E-state index >= 15 is 0 Å². The summed E-state index contributed by atoms with van der Waals surface area (Å²) in [5, 5.41) is 2.03. The van der Waals surface area contributed by atoms with Crippen LogP contribution in [0.2, 0.25) is 0 Å². The lowest BCUT2D eigenvalue weighted by Gasteiger charge is -2.16. The van der Waals surface area contributed by atoms with Gasteiger partial charge in [0.15, 0.2) is 35.1 Å². The average molecular weight is 413 g/mol. The van der Waals surface area contributed by atoms with Crippen LogP contribution in [0.5, 0.6) is 17.2 Å². The van der Waals surface area contributed by atoms with Crippen LogP contribution in [0.1, 0.15) is 17.3 Å². The maximum absolute atomic E-state index is 13.7. The van der Waals surface area contributed by atoms with Gasteiger partial charge in [-0.2, -0.15) is 0 Å². The van der Waals surface area contributed by atoms with E-state index in [-0.39, 0.29) is 22.8 Å². The minimum Gasteiger partial charge on any atom is -0.493 e. The molecule has 0 aliphatic rings. The van der Waals surface area contributed by atoms with Crippen molar-refractivity contribution in [1.29, 1.82) is 0 Å². The number of esters is 1. The summed E-state index contributed by atoms with van der Waals surface area (Å²) in [7, 11) is 4.11. The van der Waals surface area contributed by atoms with E-state index in [2.05, 4.69) is 0 Å². The molecule has 0 spiro atoms. The molecule has 10 heteroatoms. The summed E-state index contributed by atoms with van der Waals surface area (Å²) in [6, 6.07) is 4.15. The van der Waals surface area contributed by atoms with Crippen LogP contribution in [0.3, 0.4) is 0 Å².